The average molecular weight is 243 g/mol. The minimum Gasteiger partial charge on any atom is -0.397 e. The maximum absolute atomic E-state index is 6.32. The first-order valence-corrected chi connectivity index (χ1v) is 6.54. The first-order chi connectivity index (χ1) is 8.65. The molecule has 0 atom stereocenters. The molecule has 0 saturated carbocycles. The van der Waals surface area contributed by atoms with Crippen molar-refractivity contribution in [2.24, 2.45) is 0 Å². The van der Waals surface area contributed by atoms with Crippen LogP contribution in [0.3, 0.4) is 0 Å². The molecule has 0 aliphatic heterocycles. The van der Waals surface area contributed by atoms with Crippen LogP contribution in [0.5, 0.6) is 0 Å². The Labute approximate surface area is 109 Å². The molecule has 1 heterocycles. The Balaban J connectivity index is 2.53. The van der Waals surface area contributed by atoms with Crippen molar-refractivity contribution < 1.29 is 0 Å². The number of hydrogen-bond acceptors (Lipinski definition) is 3. The van der Waals surface area contributed by atoms with Gasteiger partial charge in [0.15, 0.2) is 0 Å². The number of rotatable bonds is 4. The lowest BCUT2D eigenvalue weighted by Crippen LogP contribution is -2.32. The Morgan fingerprint density at radius 1 is 1.28 bits per heavy atom. The van der Waals surface area contributed by atoms with Gasteiger partial charge in [0.1, 0.15) is 0 Å². The van der Waals surface area contributed by atoms with Gasteiger partial charge in [-0.3, -0.25) is 4.98 Å². The Morgan fingerprint density at radius 3 is 2.72 bits per heavy atom. The molecule has 2 aromatic rings. The molecule has 1 aromatic heterocycles. The van der Waals surface area contributed by atoms with Gasteiger partial charge in [0.25, 0.3) is 0 Å². The first kappa shape index (κ1) is 12.7. The predicted octanol–water partition coefficient (Wildman–Crippen LogP) is 3.44. The maximum atomic E-state index is 6.32. The van der Waals surface area contributed by atoms with Crippen LogP contribution in [-0.2, 0) is 0 Å². The lowest BCUT2D eigenvalue weighted by Gasteiger charge is -2.30. The fourth-order valence-corrected chi connectivity index (χ4v) is 2.33. The zero-order chi connectivity index (χ0) is 13.1. The van der Waals surface area contributed by atoms with Crippen molar-refractivity contribution in [3.8, 4) is 0 Å². The summed E-state index contributed by atoms with van der Waals surface area (Å²) in [6, 6.07) is 6.64. The van der Waals surface area contributed by atoms with E-state index in [0.717, 1.165) is 35.1 Å². The molecular weight excluding hydrogens is 222 g/mol. The molecule has 0 saturated heterocycles. The molecule has 3 nitrogen and oxygen atoms in total. The first-order valence-electron chi connectivity index (χ1n) is 6.54. The highest BCUT2D eigenvalue weighted by Crippen LogP contribution is 2.32. The van der Waals surface area contributed by atoms with Crippen molar-refractivity contribution in [2.75, 3.05) is 17.2 Å². The van der Waals surface area contributed by atoms with Gasteiger partial charge in [-0.1, -0.05) is 13.0 Å². The van der Waals surface area contributed by atoms with Crippen LogP contribution < -0.4 is 10.6 Å². The van der Waals surface area contributed by atoms with Crippen molar-refractivity contribution in [2.45, 2.75) is 33.2 Å². The molecule has 0 radical (unpaired) electrons. The largest absolute Gasteiger partial charge is 0.397 e. The van der Waals surface area contributed by atoms with Crippen LogP contribution in [0.2, 0.25) is 0 Å². The van der Waals surface area contributed by atoms with Gasteiger partial charge < -0.3 is 10.6 Å². The summed E-state index contributed by atoms with van der Waals surface area (Å²) in [6.45, 7) is 7.62. The van der Waals surface area contributed by atoms with E-state index < -0.39 is 0 Å². The van der Waals surface area contributed by atoms with E-state index in [9.17, 15) is 0 Å². The molecule has 0 aliphatic carbocycles. The Morgan fingerprint density at radius 2 is 2.06 bits per heavy atom. The Hall–Kier alpha value is -1.77. The topological polar surface area (TPSA) is 42.2 Å². The lowest BCUT2D eigenvalue weighted by atomic mass is 10.1. The molecule has 0 aliphatic rings. The fourth-order valence-electron chi connectivity index (χ4n) is 2.33. The maximum Gasteiger partial charge on any atom is 0.0632 e. The Kier molecular flexibility index (Phi) is 3.70. The third-order valence-electron chi connectivity index (χ3n) is 3.24. The summed E-state index contributed by atoms with van der Waals surface area (Å²) in [5.74, 6) is 0. The summed E-state index contributed by atoms with van der Waals surface area (Å²) >= 11 is 0. The van der Waals surface area contributed by atoms with Crippen molar-refractivity contribution in [3.63, 3.8) is 0 Å². The highest BCUT2D eigenvalue weighted by molar-refractivity contribution is 5.98. The molecule has 2 N–H and O–H groups in total. The zero-order valence-corrected chi connectivity index (χ0v) is 11.4. The van der Waals surface area contributed by atoms with E-state index >= 15 is 0 Å². The van der Waals surface area contributed by atoms with Gasteiger partial charge in [-0.25, -0.2) is 0 Å². The second kappa shape index (κ2) is 5.25. The average Bonchev–Trinajstić information content (AvgIpc) is 2.37. The second-order valence-corrected chi connectivity index (χ2v) is 4.88. The summed E-state index contributed by atoms with van der Waals surface area (Å²) in [5, 5.41) is 2.18. The van der Waals surface area contributed by atoms with E-state index in [0.29, 0.717) is 6.04 Å². The molecule has 0 bridgehead atoms. The van der Waals surface area contributed by atoms with Crippen molar-refractivity contribution in [1.29, 1.82) is 0 Å². The molecule has 0 amide bonds. The minimum atomic E-state index is 0.450. The van der Waals surface area contributed by atoms with E-state index in [1.165, 1.54) is 0 Å². The van der Waals surface area contributed by atoms with Gasteiger partial charge in [0.2, 0.25) is 0 Å². The smallest absolute Gasteiger partial charge is 0.0632 e. The van der Waals surface area contributed by atoms with E-state index in [1.54, 1.807) is 6.20 Å². The number of pyridine rings is 1. The number of hydrogen-bond donors (Lipinski definition) is 1. The van der Waals surface area contributed by atoms with Crippen LogP contribution in [0, 0.1) is 0 Å². The standard InChI is InChI=1S/C15H21N3/c1-4-9-18(11(2)3)14-6-5-12-10-17-8-7-13(12)15(14)16/h5-8,10-11H,4,9,16H2,1-3H3. The number of fused-ring (bicyclic) bond motifs is 1. The SMILES string of the molecule is CCCN(c1ccc2cnccc2c1N)C(C)C. The molecule has 18 heavy (non-hydrogen) atoms. The van der Waals surface area contributed by atoms with Gasteiger partial charge in [0, 0.05) is 35.8 Å². The number of anilines is 2. The van der Waals surface area contributed by atoms with Crippen LogP contribution in [0.25, 0.3) is 10.8 Å². The molecule has 2 rings (SSSR count). The van der Waals surface area contributed by atoms with E-state index in [-0.39, 0.29) is 0 Å². The minimum absolute atomic E-state index is 0.450. The molecule has 0 spiro atoms. The molecule has 96 valence electrons. The summed E-state index contributed by atoms with van der Waals surface area (Å²) in [4.78, 5) is 6.49. The van der Waals surface area contributed by atoms with Crippen LogP contribution in [0.4, 0.5) is 11.4 Å². The number of benzene rings is 1. The van der Waals surface area contributed by atoms with Gasteiger partial charge in [-0.15, -0.1) is 0 Å². The fraction of sp³-hybridized carbons (Fsp3) is 0.400. The zero-order valence-electron chi connectivity index (χ0n) is 11.4. The second-order valence-electron chi connectivity index (χ2n) is 4.88. The number of nitrogens with two attached hydrogens (primary N) is 1. The molecular formula is C15H21N3. The van der Waals surface area contributed by atoms with Gasteiger partial charge in [0.05, 0.1) is 11.4 Å². The van der Waals surface area contributed by atoms with Gasteiger partial charge in [-0.05, 0) is 32.4 Å². The van der Waals surface area contributed by atoms with E-state index in [2.05, 4.69) is 42.8 Å². The molecule has 0 fully saturated rings. The number of nitrogens with zero attached hydrogens (tertiary/aromatic N) is 2. The van der Waals surface area contributed by atoms with Crippen molar-refractivity contribution in [1.82, 2.24) is 4.98 Å². The van der Waals surface area contributed by atoms with E-state index in [1.807, 2.05) is 12.3 Å². The summed E-state index contributed by atoms with van der Waals surface area (Å²) < 4.78 is 0. The third kappa shape index (κ3) is 2.26. The lowest BCUT2D eigenvalue weighted by molar-refractivity contribution is 0.672. The van der Waals surface area contributed by atoms with Gasteiger partial charge >= 0.3 is 0 Å². The third-order valence-corrected chi connectivity index (χ3v) is 3.24. The quantitative estimate of drug-likeness (QED) is 0.836. The van der Waals surface area contributed by atoms with Crippen LogP contribution in [-0.4, -0.2) is 17.6 Å². The number of nitrogen functional groups attached to an aromatic ring is 1. The predicted molar refractivity (Wildman–Crippen MR) is 78.9 cm³/mol. The normalized spacial score (nSPS) is 11.1. The highest BCUT2D eigenvalue weighted by Gasteiger charge is 2.14. The summed E-state index contributed by atoms with van der Waals surface area (Å²) in [5.41, 5.74) is 8.31. The van der Waals surface area contributed by atoms with Crippen LogP contribution >= 0.6 is 0 Å². The monoisotopic (exact) mass is 243 g/mol. The number of aromatic nitrogens is 1. The Bertz CT molecular complexity index is 534. The molecule has 1 aromatic carbocycles. The van der Waals surface area contributed by atoms with Crippen LogP contribution in [0.15, 0.2) is 30.6 Å². The van der Waals surface area contributed by atoms with E-state index in [4.69, 9.17) is 5.73 Å². The van der Waals surface area contributed by atoms with Crippen molar-refractivity contribution >= 4 is 22.1 Å². The summed E-state index contributed by atoms with van der Waals surface area (Å²) in [7, 11) is 0. The van der Waals surface area contributed by atoms with Crippen LogP contribution in [0.1, 0.15) is 27.2 Å². The van der Waals surface area contributed by atoms with Crippen molar-refractivity contribution in [3.05, 3.63) is 30.6 Å². The summed E-state index contributed by atoms with van der Waals surface area (Å²) in [6.07, 6.45) is 4.77. The van der Waals surface area contributed by atoms with Gasteiger partial charge in [-0.2, -0.15) is 0 Å². The highest BCUT2D eigenvalue weighted by atomic mass is 15.2. The molecule has 0 unspecified atom stereocenters. The molecule has 3 heteroatoms.